The predicted molar refractivity (Wildman–Crippen MR) is 215 cm³/mol. The number of aromatic nitrogens is 6. The van der Waals surface area contributed by atoms with Crippen LogP contribution in [-0.4, -0.2) is 36.1 Å². The number of fused-ring (bicyclic) bond motifs is 4. The second-order valence-electron chi connectivity index (χ2n) is 13.4. The summed E-state index contributed by atoms with van der Waals surface area (Å²) in [5.41, 5.74) is 15.6. The molecule has 9 aromatic rings. The number of aryl methyl sites for hydroxylation is 2. The van der Waals surface area contributed by atoms with Crippen LogP contribution in [0, 0.1) is 0 Å². The van der Waals surface area contributed by atoms with Gasteiger partial charge in [-0.1, -0.05) is 72.8 Å². The summed E-state index contributed by atoms with van der Waals surface area (Å²) in [4.78, 5) is 23.8. The number of anilines is 5. The van der Waals surface area contributed by atoms with Crippen molar-refractivity contribution in [2.24, 2.45) is 14.1 Å². The molecule has 254 valence electrons. The minimum Gasteiger partial charge on any atom is -0.341 e. The monoisotopic (exact) mass is 686 g/mol. The summed E-state index contributed by atoms with van der Waals surface area (Å²) in [6, 6.07) is 49.3. The first-order valence-corrected chi connectivity index (χ1v) is 17.7. The SMILES string of the molecule is CN1c2ccccc2N(c2cc(-c3cccc(-c4nc5cccnc5n4C)c3)ccc2-c2cccc(-c3nc4cccnc4n3C)c2)c2ccccc21. The number of nitrogens with zero attached hydrogens (tertiary/aromatic N) is 8. The van der Waals surface area contributed by atoms with Gasteiger partial charge in [0.05, 0.1) is 28.4 Å². The van der Waals surface area contributed by atoms with Crippen molar-refractivity contribution in [2.45, 2.75) is 0 Å². The molecule has 0 N–H and O–H groups in total. The molecular formula is C45H34N8. The standard InChI is InChI=1S/C45H34N8/c1-50-37-18-4-6-20-39(37)53(40-21-7-5-19-38(40)50)41-28-30(29-12-8-14-32(26-29)42-48-35-16-10-24-46-44(35)51(42)2)22-23-34(41)31-13-9-15-33(27-31)43-49-36-17-11-25-47-45(36)52(43)3/h4-28H,1-3H3. The molecule has 0 atom stereocenters. The average Bonchev–Trinajstić information content (AvgIpc) is 3.74. The van der Waals surface area contributed by atoms with E-state index < -0.39 is 0 Å². The Hall–Kier alpha value is -7.06. The topological polar surface area (TPSA) is 67.9 Å². The van der Waals surface area contributed by atoms with E-state index in [4.69, 9.17) is 9.97 Å². The zero-order chi connectivity index (χ0) is 35.6. The van der Waals surface area contributed by atoms with Crippen LogP contribution < -0.4 is 9.80 Å². The van der Waals surface area contributed by atoms with Crippen molar-refractivity contribution < 1.29 is 0 Å². The number of hydrogen-bond acceptors (Lipinski definition) is 6. The molecule has 0 spiro atoms. The number of hydrogen-bond donors (Lipinski definition) is 0. The average molecular weight is 687 g/mol. The molecule has 0 saturated carbocycles. The zero-order valence-electron chi connectivity index (χ0n) is 29.5. The Morgan fingerprint density at radius 1 is 0.396 bits per heavy atom. The van der Waals surface area contributed by atoms with Crippen LogP contribution in [0.5, 0.6) is 0 Å². The van der Waals surface area contributed by atoms with Gasteiger partial charge in [-0.15, -0.1) is 0 Å². The van der Waals surface area contributed by atoms with Gasteiger partial charge in [-0.3, -0.25) is 0 Å². The second kappa shape index (κ2) is 12.0. The Balaban J connectivity index is 1.18. The van der Waals surface area contributed by atoms with Crippen molar-refractivity contribution >= 4 is 50.8 Å². The molecular weight excluding hydrogens is 653 g/mol. The van der Waals surface area contributed by atoms with Crippen LogP contribution in [0.3, 0.4) is 0 Å². The minimum absolute atomic E-state index is 0.862. The van der Waals surface area contributed by atoms with Gasteiger partial charge in [0.1, 0.15) is 22.7 Å². The lowest BCUT2D eigenvalue weighted by molar-refractivity contribution is 0.942. The highest BCUT2D eigenvalue weighted by Crippen LogP contribution is 2.53. The maximum Gasteiger partial charge on any atom is 0.159 e. The summed E-state index contributed by atoms with van der Waals surface area (Å²) < 4.78 is 4.13. The summed E-state index contributed by atoms with van der Waals surface area (Å²) in [6.07, 6.45) is 3.63. The van der Waals surface area contributed by atoms with E-state index in [1.807, 2.05) is 50.8 Å². The lowest BCUT2D eigenvalue weighted by atomic mass is 9.94. The van der Waals surface area contributed by atoms with Gasteiger partial charge in [0.15, 0.2) is 11.3 Å². The van der Waals surface area contributed by atoms with Gasteiger partial charge in [-0.25, -0.2) is 19.9 Å². The number of imidazole rings is 2. The fourth-order valence-electron chi connectivity index (χ4n) is 7.76. The Labute approximate surface area is 306 Å². The summed E-state index contributed by atoms with van der Waals surface area (Å²) in [5, 5.41) is 0. The summed E-state index contributed by atoms with van der Waals surface area (Å²) in [6.45, 7) is 0. The first kappa shape index (κ1) is 30.7. The van der Waals surface area contributed by atoms with Crippen LogP contribution in [0.4, 0.5) is 28.4 Å². The van der Waals surface area contributed by atoms with Crippen LogP contribution in [0.1, 0.15) is 0 Å². The Morgan fingerprint density at radius 3 is 1.45 bits per heavy atom. The highest BCUT2D eigenvalue weighted by atomic mass is 15.3. The van der Waals surface area contributed by atoms with Gasteiger partial charge in [-0.05, 0) is 83.4 Å². The third-order valence-electron chi connectivity index (χ3n) is 10.3. The molecule has 0 aliphatic carbocycles. The first-order valence-electron chi connectivity index (χ1n) is 17.7. The third-order valence-corrected chi connectivity index (χ3v) is 10.3. The maximum atomic E-state index is 4.98. The molecule has 1 aliphatic rings. The fourth-order valence-corrected chi connectivity index (χ4v) is 7.76. The van der Waals surface area contributed by atoms with Crippen LogP contribution in [0.15, 0.2) is 152 Å². The van der Waals surface area contributed by atoms with Crippen LogP contribution in [0.25, 0.3) is 67.4 Å². The molecule has 8 nitrogen and oxygen atoms in total. The number of para-hydroxylation sites is 4. The van der Waals surface area contributed by atoms with E-state index in [2.05, 4.69) is 151 Å². The molecule has 10 rings (SSSR count). The molecule has 0 bridgehead atoms. The van der Waals surface area contributed by atoms with E-state index in [1.165, 1.54) is 0 Å². The molecule has 0 saturated heterocycles. The lowest BCUT2D eigenvalue weighted by Gasteiger charge is -2.39. The third kappa shape index (κ3) is 4.91. The van der Waals surface area contributed by atoms with Crippen LogP contribution in [-0.2, 0) is 14.1 Å². The number of rotatable bonds is 5. The highest BCUT2D eigenvalue weighted by molar-refractivity contribution is 6.01. The second-order valence-corrected chi connectivity index (χ2v) is 13.4. The van der Waals surface area contributed by atoms with Gasteiger partial charge in [0.25, 0.3) is 0 Å². The van der Waals surface area contributed by atoms with Crippen molar-refractivity contribution in [3.63, 3.8) is 0 Å². The van der Waals surface area contributed by atoms with E-state index >= 15 is 0 Å². The fraction of sp³-hybridized carbons (Fsp3) is 0.0667. The molecule has 0 radical (unpaired) electrons. The summed E-state index contributed by atoms with van der Waals surface area (Å²) >= 11 is 0. The minimum atomic E-state index is 0.862. The lowest BCUT2D eigenvalue weighted by Crippen LogP contribution is -2.24. The predicted octanol–water partition coefficient (Wildman–Crippen LogP) is 10.5. The molecule has 8 heteroatoms. The largest absolute Gasteiger partial charge is 0.341 e. The Kier molecular flexibility index (Phi) is 6.97. The van der Waals surface area contributed by atoms with E-state index in [0.717, 1.165) is 95.8 Å². The van der Waals surface area contributed by atoms with Gasteiger partial charge in [0, 0.05) is 50.2 Å². The van der Waals surface area contributed by atoms with E-state index in [0.29, 0.717) is 0 Å². The molecule has 0 amide bonds. The van der Waals surface area contributed by atoms with Gasteiger partial charge >= 0.3 is 0 Å². The quantitative estimate of drug-likeness (QED) is 0.180. The molecule has 53 heavy (non-hydrogen) atoms. The highest BCUT2D eigenvalue weighted by Gasteiger charge is 2.29. The summed E-state index contributed by atoms with van der Waals surface area (Å²) in [7, 11) is 6.20. The molecule has 0 fully saturated rings. The van der Waals surface area contributed by atoms with Crippen molar-refractivity contribution in [3.8, 4) is 45.0 Å². The van der Waals surface area contributed by atoms with Crippen molar-refractivity contribution in [1.29, 1.82) is 0 Å². The van der Waals surface area contributed by atoms with E-state index in [1.54, 1.807) is 0 Å². The Morgan fingerprint density at radius 2 is 0.887 bits per heavy atom. The van der Waals surface area contributed by atoms with Crippen LogP contribution in [0.2, 0.25) is 0 Å². The molecule has 0 unspecified atom stereocenters. The number of benzene rings is 5. The van der Waals surface area contributed by atoms with Crippen molar-refractivity contribution in [3.05, 3.63) is 152 Å². The van der Waals surface area contributed by atoms with Crippen molar-refractivity contribution in [2.75, 3.05) is 16.8 Å². The zero-order valence-corrected chi connectivity index (χ0v) is 29.5. The van der Waals surface area contributed by atoms with Crippen LogP contribution >= 0.6 is 0 Å². The van der Waals surface area contributed by atoms with E-state index in [9.17, 15) is 0 Å². The molecule has 5 aromatic carbocycles. The molecule has 5 heterocycles. The molecule has 4 aromatic heterocycles. The van der Waals surface area contributed by atoms with Gasteiger partial charge in [-0.2, -0.15) is 0 Å². The summed E-state index contributed by atoms with van der Waals surface area (Å²) in [5.74, 6) is 1.76. The Bertz CT molecular complexity index is 2820. The van der Waals surface area contributed by atoms with Crippen molar-refractivity contribution in [1.82, 2.24) is 29.1 Å². The smallest absolute Gasteiger partial charge is 0.159 e. The van der Waals surface area contributed by atoms with E-state index in [-0.39, 0.29) is 0 Å². The number of pyridine rings is 2. The first-order chi connectivity index (χ1) is 26.0. The normalized spacial score (nSPS) is 12.4. The molecule has 1 aliphatic heterocycles. The van der Waals surface area contributed by atoms with Gasteiger partial charge in [0.2, 0.25) is 0 Å². The van der Waals surface area contributed by atoms with Gasteiger partial charge < -0.3 is 18.9 Å². The maximum absolute atomic E-state index is 4.98.